The summed E-state index contributed by atoms with van der Waals surface area (Å²) in [6.45, 7) is 2.24. The maximum Gasteiger partial charge on any atom is 0.326 e. The zero-order chi connectivity index (χ0) is 21.9. The van der Waals surface area contributed by atoms with Gasteiger partial charge in [-0.3, -0.25) is 19.2 Å². The van der Waals surface area contributed by atoms with E-state index < -0.39 is 67.4 Å². The third-order valence-electron chi connectivity index (χ3n) is 4.08. The molecular formula is C16H28N4O8. The average molecular weight is 404 g/mol. The molecule has 0 aromatic carbocycles. The van der Waals surface area contributed by atoms with Crippen molar-refractivity contribution in [3.8, 4) is 0 Å². The molecule has 4 atom stereocenters. The molecule has 0 fully saturated rings. The van der Waals surface area contributed by atoms with Crippen LogP contribution < -0.4 is 21.7 Å². The molecule has 0 aliphatic heterocycles. The van der Waals surface area contributed by atoms with Crippen LogP contribution in [0.4, 0.5) is 0 Å². The SMILES string of the molecule is CCC(C)C(N)C(=O)NC(CO)C(=O)NCC(=O)NC(CCC(=O)O)C(=O)O. The fraction of sp³-hybridized carbons (Fsp3) is 0.688. The first kappa shape index (κ1) is 25.3. The fourth-order valence-electron chi connectivity index (χ4n) is 2.04. The number of carboxylic acids is 2. The second-order valence-electron chi connectivity index (χ2n) is 6.26. The van der Waals surface area contributed by atoms with E-state index in [1.165, 1.54) is 0 Å². The van der Waals surface area contributed by atoms with Crippen LogP contribution in [0.5, 0.6) is 0 Å². The highest BCUT2D eigenvalue weighted by molar-refractivity contribution is 5.92. The Bertz CT molecular complexity index is 583. The highest BCUT2D eigenvalue weighted by Crippen LogP contribution is 2.05. The summed E-state index contributed by atoms with van der Waals surface area (Å²) in [5, 5.41) is 33.3. The highest BCUT2D eigenvalue weighted by atomic mass is 16.4. The number of aliphatic carboxylic acids is 2. The van der Waals surface area contributed by atoms with Crippen molar-refractivity contribution in [1.82, 2.24) is 16.0 Å². The van der Waals surface area contributed by atoms with Gasteiger partial charge < -0.3 is 37.0 Å². The number of carbonyl (C=O) groups excluding carboxylic acids is 3. The van der Waals surface area contributed by atoms with Gasteiger partial charge in [0.2, 0.25) is 17.7 Å². The van der Waals surface area contributed by atoms with Crippen molar-refractivity contribution in [2.24, 2.45) is 11.7 Å². The number of nitrogens with one attached hydrogen (secondary N) is 3. The van der Waals surface area contributed by atoms with Gasteiger partial charge in [0, 0.05) is 6.42 Å². The average Bonchev–Trinajstić information content (AvgIpc) is 2.65. The Morgan fingerprint density at radius 3 is 2.07 bits per heavy atom. The molecule has 0 heterocycles. The van der Waals surface area contributed by atoms with Crippen LogP contribution >= 0.6 is 0 Å². The van der Waals surface area contributed by atoms with Crippen LogP contribution in [-0.4, -0.2) is 76.3 Å². The molecule has 12 nitrogen and oxygen atoms in total. The third kappa shape index (κ3) is 9.28. The number of aliphatic hydroxyl groups is 1. The molecule has 0 bridgehead atoms. The van der Waals surface area contributed by atoms with E-state index in [1.807, 2.05) is 6.92 Å². The number of carbonyl (C=O) groups is 5. The normalized spacial score (nSPS) is 14.9. The molecule has 0 rings (SSSR count). The monoisotopic (exact) mass is 404 g/mol. The van der Waals surface area contributed by atoms with E-state index in [0.29, 0.717) is 6.42 Å². The van der Waals surface area contributed by atoms with Gasteiger partial charge in [-0.25, -0.2) is 4.79 Å². The molecule has 0 radical (unpaired) electrons. The molecule has 0 spiro atoms. The van der Waals surface area contributed by atoms with Gasteiger partial charge >= 0.3 is 11.9 Å². The van der Waals surface area contributed by atoms with Crippen LogP contribution in [0.3, 0.4) is 0 Å². The zero-order valence-electron chi connectivity index (χ0n) is 15.8. The standard InChI is InChI=1S/C16H28N4O8/c1-3-8(2)13(17)15(26)20-10(7-21)14(25)18-6-11(22)19-9(16(27)28)4-5-12(23)24/h8-10,13,21H,3-7,17H2,1-2H3,(H,18,25)(H,19,22)(H,20,26)(H,23,24)(H,27,28). The largest absolute Gasteiger partial charge is 0.481 e. The zero-order valence-corrected chi connectivity index (χ0v) is 15.8. The fourth-order valence-corrected chi connectivity index (χ4v) is 2.04. The van der Waals surface area contributed by atoms with Crippen LogP contribution in [0, 0.1) is 5.92 Å². The second-order valence-corrected chi connectivity index (χ2v) is 6.26. The number of hydrogen-bond acceptors (Lipinski definition) is 7. The predicted molar refractivity (Wildman–Crippen MR) is 95.9 cm³/mol. The minimum atomic E-state index is -1.43. The molecule has 8 N–H and O–H groups in total. The van der Waals surface area contributed by atoms with Gasteiger partial charge in [0.05, 0.1) is 19.2 Å². The lowest BCUT2D eigenvalue weighted by molar-refractivity contribution is -0.143. The van der Waals surface area contributed by atoms with E-state index in [9.17, 15) is 29.1 Å². The molecule has 0 aromatic heterocycles. The molecule has 160 valence electrons. The van der Waals surface area contributed by atoms with Gasteiger partial charge in [-0.15, -0.1) is 0 Å². The van der Waals surface area contributed by atoms with E-state index in [-0.39, 0.29) is 12.3 Å². The molecular weight excluding hydrogens is 376 g/mol. The summed E-state index contributed by atoms with van der Waals surface area (Å²) in [4.78, 5) is 57.3. The van der Waals surface area contributed by atoms with E-state index in [0.717, 1.165) is 0 Å². The Kier molecular flexibility index (Phi) is 11.4. The lowest BCUT2D eigenvalue weighted by Gasteiger charge is -2.22. The summed E-state index contributed by atoms with van der Waals surface area (Å²) in [5.74, 6) is -5.14. The van der Waals surface area contributed by atoms with Crippen LogP contribution in [-0.2, 0) is 24.0 Å². The summed E-state index contributed by atoms with van der Waals surface area (Å²) in [5.41, 5.74) is 5.74. The van der Waals surface area contributed by atoms with Crippen LogP contribution in [0.15, 0.2) is 0 Å². The van der Waals surface area contributed by atoms with Crippen molar-refractivity contribution in [2.75, 3.05) is 13.2 Å². The molecule has 0 aromatic rings. The molecule has 0 saturated carbocycles. The minimum absolute atomic E-state index is 0.146. The molecule has 0 aliphatic rings. The van der Waals surface area contributed by atoms with E-state index in [2.05, 4.69) is 16.0 Å². The van der Waals surface area contributed by atoms with Crippen molar-refractivity contribution in [2.45, 2.75) is 51.2 Å². The summed E-state index contributed by atoms with van der Waals surface area (Å²) in [6, 6.07) is -3.64. The molecule has 28 heavy (non-hydrogen) atoms. The Morgan fingerprint density at radius 1 is 1.00 bits per heavy atom. The highest BCUT2D eigenvalue weighted by Gasteiger charge is 2.26. The summed E-state index contributed by atoms with van der Waals surface area (Å²) >= 11 is 0. The first-order valence-electron chi connectivity index (χ1n) is 8.71. The Hall–Kier alpha value is -2.73. The van der Waals surface area contributed by atoms with Crippen LogP contribution in [0.25, 0.3) is 0 Å². The Labute approximate surface area is 161 Å². The number of amides is 3. The van der Waals surface area contributed by atoms with E-state index in [4.69, 9.17) is 15.9 Å². The van der Waals surface area contributed by atoms with Gasteiger partial charge in [0.15, 0.2) is 0 Å². The second kappa shape index (κ2) is 12.6. The van der Waals surface area contributed by atoms with Gasteiger partial charge in [0.25, 0.3) is 0 Å². The predicted octanol–water partition coefficient (Wildman–Crippen LogP) is -2.61. The molecule has 12 heteroatoms. The van der Waals surface area contributed by atoms with Crippen molar-refractivity contribution < 1.29 is 39.3 Å². The summed E-state index contributed by atoms with van der Waals surface area (Å²) in [6.07, 6.45) is -0.150. The molecule has 3 amide bonds. The lowest BCUT2D eigenvalue weighted by atomic mass is 9.99. The molecule has 0 saturated heterocycles. The van der Waals surface area contributed by atoms with Crippen molar-refractivity contribution >= 4 is 29.7 Å². The maximum absolute atomic E-state index is 12.0. The van der Waals surface area contributed by atoms with E-state index >= 15 is 0 Å². The molecule has 4 unspecified atom stereocenters. The topological polar surface area (TPSA) is 208 Å². The summed E-state index contributed by atoms with van der Waals surface area (Å²) < 4.78 is 0. The van der Waals surface area contributed by atoms with Crippen molar-refractivity contribution in [3.63, 3.8) is 0 Å². The lowest BCUT2D eigenvalue weighted by Crippen LogP contribution is -2.55. The maximum atomic E-state index is 12.0. The van der Waals surface area contributed by atoms with Gasteiger partial charge in [0.1, 0.15) is 12.1 Å². The number of carboxylic acid groups (broad SMARTS) is 2. The van der Waals surface area contributed by atoms with Crippen molar-refractivity contribution in [1.29, 1.82) is 0 Å². The Balaban J connectivity index is 4.61. The van der Waals surface area contributed by atoms with Crippen LogP contribution in [0.2, 0.25) is 0 Å². The van der Waals surface area contributed by atoms with Crippen molar-refractivity contribution in [3.05, 3.63) is 0 Å². The number of nitrogens with two attached hydrogens (primary N) is 1. The van der Waals surface area contributed by atoms with Gasteiger partial charge in [-0.1, -0.05) is 20.3 Å². The first-order chi connectivity index (χ1) is 13.0. The smallest absolute Gasteiger partial charge is 0.326 e. The minimum Gasteiger partial charge on any atom is -0.481 e. The Morgan fingerprint density at radius 2 is 1.61 bits per heavy atom. The van der Waals surface area contributed by atoms with Gasteiger partial charge in [-0.05, 0) is 12.3 Å². The molecule has 0 aliphatic carbocycles. The van der Waals surface area contributed by atoms with E-state index in [1.54, 1.807) is 6.92 Å². The number of aliphatic hydroxyl groups excluding tert-OH is 1. The number of hydrogen-bond donors (Lipinski definition) is 7. The summed E-state index contributed by atoms with van der Waals surface area (Å²) in [7, 11) is 0. The van der Waals surface area contributed by atoms with Gasteiger partial charge in [-0.2, -0.15) is 0 Å². The van der Waals surface area contributed by atoms with Crippen LogP contribution in [0.1, 0.15) is 33.1 Å². The number of rotatable bonds is 13. The first-order valence-corrected chi connectivity index (χ1v) is 8.71. The quantitative estimate of drug-likeness (QED) is 0.171. The third-order valence-corrected chi connectivity index (χ3v) is 4.08.